The first-order valence-corrected chi connectivity index (χ1v) is 20.4. The predicted octanol–water partition coefficient (Wildman–Crippen LogP) is 7.18. The minimum absolute atomic E-state index is 0.117. The minimum atomic E-state index is -0.675. The Kier molecular flexibility index (Phi) is 8.02. The second-order valence-electron chi connectivity index (χ2n) is 19.6. The van der Waals surface area contributed by atoms with Gasteiger partial charge in [-0.2, -0.15) is 0 Å². The van der Waals surface area contributed by atoms with Gasteiger partial charge in [-0.1, -0.05) is 49.1 Å². The Balaban J connectivity index is 1.09. The molecule has 0 amide bonds. The lowest BCUT2D eigenvalue weighted by Gasteiger charge is -2.65. The zero-order valence-electron chi connectivity index (χ0n) is 30.3. The molecule has 262 valence electrons. The largest absolute Gasteiger partial charge is 0.393 e. The van der Waals surface area contributed by atoms with Gasteiger partial charge < -0.3 is 15.3 Å². The van der Waals surface area contributed by atoms with Gasteiger partial charge in [0.1, 0.15) is 0 Å². The molecule has 2 aliphatic heterocycles. The van der Waals surface area contributed by atoms with E-state index in [2.05, 4.69) is 62.6 Å². The first kappa shape index (κ1) is 32.5. The summed E-state index contributed by atoms with van der Waals surface area (Å²) in [5, 5.41) is 36.2. The Morgan fingerprint density at radius 1 is 0.833 bits per heavy atom. The van der Waals surface area contributed by atoms with Crippen molar-refractivity contribution < 1.29 is 15.3 Å². The molecule has 2 heterocycles. The van der Waals surface area contributed by atoms with Gasteiger partial charge in [0.05, 0.1) is 17.8 Å². The van der Waals surface area contributed by atoms with E-state index in [1.807, 2.05) is 0 Å². The summed E-state index contributed by atoms with van der Waals surface area (Å²) in [6.07, 6.45) is 13.5. The normalized spacial score (nSPS) is 52.5. The highest BCUT2D eigenvalue weighted by atomic mass is 16.3. The van der Waals surface area contributed by atoms with Crippen molar-refractivity contribution in [3.63, 3.8) is 0 Å². The van der Waals surface area contributed by atoms with Crippen molar-refractivity contribution in [1.82, 2.24) is 4.90 Å². The number of fused-ring (bicyclic) bond motifs is 11. The molecule has 0 radical (unpaired) electrons. The number of benzene rings is 1. The van der Waals surface area contributed by atoms with Gasteiger partial charge in [-0.3, -0.25) is 4.90 Å². The third kappa shape index (κ3) is 5.05. The molecule has 5 saturated carbocycles. The number of hydrogen-bond donors (Lipinski definition) is 3. The van der Waals surface area contributed by atoms with E-state index < -0.39 is 5.60 Å². The van der Waals surface area contributed by atoms with E-state index in [1.54, 1.807) is 0 Å². The van der Waals surface area contributed by atoms with Crippen LogP contribution < -0.4 is 0 Å². The molecular formula is C44H63NO3. The van der Waals surface area contributed by atoms with Crippen LogP contribution in [0.1, 0.15) is 108 Å². The molecule has 6 aliphatic carbocycles. The number of piperidine rings is 2. The Labute approximate surface area is 290 Å². The minimum Gasteiger partial charge on any atom is -0.393 e. The average molecular weight is 654 g/mol. The van der Waals surface area contributed by atoms with Crippen LogP contribution in [0.5, 0.6) is 0 Å². The van der Waals surface area contributed by atoms with E-state index in [0.717, 1.165) is 77.3 Å². The van der Waals surface area contributed by atoms with E-state index in [-0.39, 0.29) is 41.4 Å². The summed E-state index contributed by atoms with van der Waals surface area (Å²) >= 11 is 0. The van der Waals surface area contributed by atoms with Gasteiger partial charge in [0.2, 0.25) is 0 Å². The number of aliphatic hydroxyl groups is 3. The van der Waals surface area contributed by atoms with E-state index in [9.17, 15) is 15.3 Å². The monoisotopic (exact) mass is 653 g/mol. The van der Waals surface area contributed by atoms with Crippen LogP contribution in [0.2, 0.25) is 0 Å². The summed E-state index contributed by atoms with van der Waals surface area (Å²) in [4.78, 5) is 2.82. The van der Waals surface area contributed by atoms with Crippen LogP contribution in [0.25, 0.3) is 0 Å². The molecule has 0 spiro atoms. The maximum absolute atomic E-state index is 13.9. The fourth-order valence-corrected chi connectivity index (χ4v) is 15.2. The molecule has 4 nitrogen and oxygen atoms in total. The van der Waals surface area contributed by atoms with Gasteiger partial charge in [0, 0.05) is 37.4 Å². The molecule has 48 heavy (non-hydrogen) atoms. The van der Waals surface area contributed by atoms with Crippen LogP contribution in [0.3, 0.4) is 0 Å². The van der Waals surface area contributed by atoms with Crippen molar-refractivity contribution in [3.8, 4) is 11.8 Å². The lowest BCUT2D eigenvalue weighted by atomic mass is 9.48. The first-order chi connectivity index (χ1) is 23.0. The number of rotatable bonds is 2. The summed E-state index contributed by atoms with van der Waals surface area (Å²) in [6, 6.07) is 7.38. The zero-order chi connectivity index (χ0) is 33.1. The molecular weight excluding hydrogens is 590 g/mol. The summed E-state index contributed by atoms with van der Waals surface area (Å²) < 4.78 is 0. The summed E-state index contributed by atoms with van der Waals surface area (Å²) in [6.45, 7) is 11.7. The second kappa shape index (κ2) is 11.8. The van der Waals surface area contributed by atoms with E-state index in [4.69, 9.17) is 0 Å². The predicted molar refractivity (Wildman–Crippen MR) is 191 cm³/mol. The molecule has 3 N–H and O–H groups in total. The van der Waals surface area contributed by atoms with Gasteiger partial charge in [-0.15, -0.1) is 5.92 Å². The molecule has 2 saturated heterocycles. The smallest absolute Gasteiger partial charge is 0.0873 e. The molecule has 0 aromatic heterocycles. The van der Waals surface area contributed by atoms with E-state index in [0.29, 0.717) is 53.3 Å². The van der Waals surface area contributed by atoms with Crippen molar-refractivity contribution in [1.29, 1.82) is 0 Å². The molecule has 4 heteroatoms. The molecule has 7 fully saturated rings. The Morgan fingerprint density at radius 3 is 2.44 bits per heavy atom. The van der Waals surface area contributed by atoms with Crippen molar-refractivity contribution in [3.05, 3.63) is 34.9 Å². The Hall–Kier alpha value is -1.38. The average Bonchev–Trinajstić information content (AvgIpc) is 3.41. The third-order valence-electron chi connectivity index (χ3n) is 16.8. The van der Waals surface area contributed by atoms with Crippen molar-refractivity contribution in [2.75, 3.05) is 13.1 Å². The van der Waals surface area contributed by atoms with Crippen LogP contribution in [0.15, 0.2) is 18.2 Å². The van der Waals surface area contributed by atoms with E-state index in [1.165, 1.54) is 36.0 Å². The quantitative estimate of drug-likeness (QED) is 0.296. The molecule has 0 unspecified atom stereocenters. The molecule has 8 aliphatic rings. The Bertz CT molecular complexity index is 1440. The van der Waals surface area contributed by atoms with Crippen LogP contribution in [0.4, 0.5) is 0 Å². The van der Waals surface area contributed by atoms with Crippen LogP contribution >= 0.6 is 0 Å². The number of nitrogens with zero attached hydrogens (tertiary/aromatic N) is 1. The van der Waals surface area contributed by atoms with E-state index >= 15 is 0 Å². The second-order valence-corrected chi connectivity index (χ2v) is 19.6. The highest BCUT2D eigenvalue weighted by molar-refractivity contribution is 5.29. The standard InChI is InChI=1S/C44H63NO3/c1-25-8-9-41-44(48)32-17-28(15-30(18-32)16-29-13-26(2)12-27(3)14-29)6-5-7-31-19-34-35(37(42(31)44)24-45(41)23-25)21-38-36(34)22-40(47)39-20-33(46)10-11-43(38,39)4/h12-14,25,28,30-42,46-48H,6,8-11,15-24H2,1-4H3/t25-,28+,30+,31-,32-,33-,34-,35-,36-,37+,38+,39-,40-,41+,42-,43+,44+/m0/s1. The van der Waals surface area contributed by atoms with Gasteiger partial charge in [0.25, 0.3) is 0 Å². The number of hydrogen-bond acceptors (Lipinski definition) is 4. The summed E-state index contributed by atoms with van der Waals surface area (Å²) in [7, 11) is 0. The topological polar surface area (TPSA) is 63.9 Å². The SMILES string of the molecule is Cc1cc(C)cc(C[C@H]2C[C@H]3CC#C[C@H]4C[C@H]5[C@H](C[C@@H]6[C@H]5C[C@H](O)[C@@H]5C[C@@H](O)CC[C@]65C)[C@H]5CN6C[C@@H](C)CC[C@@H]6[C@](O)([C@@H](C3)C2)[C@H]54)c1. The molecule has 2 bridgehead atoms. The summed E-state index contributed by atoms with van der Waals surface area (Å²) in [5.74, 6) is 13.7. The Morgan fingerprint density at radius 2 is 1.62 bits per heavy atom. The lowest BCUT2D eigenvalue weighted by molar-refractivity contribution is -0.228. The first-order valence-electron chi connectivity index (χ1n) is 20.4. The molecule has 17 atom stereocenters. The lowest BCUT2D eigenvalue weighted by Crippen LogP contribution is -2.72. The fraction of sp³-hybridized carbons (Fsp3) is 0.818. The van der Waals surface area contributed by atoms with Gasteiger partial charge in [-0.05, 0) is 161 Å². The van der Waals surface area contributed by atoms with Gasteiger partial charge >= 0.3 is 0 Å². The summed E-state index contributed by atoms with van der Waals surface area (Å²) in [5.41, 5.74) is 3.66. The molecule has 9 rings (SSSR count). The van der Waals surface area contributed by atoms with Crippen LogP contribution in [-0.4, -0.2) is 57.2 Å². The molecule has 1 aromatic carbocycles. The highest BCUT2D eigenvalue weighted by Gasteiger charge is 2.68. The van der Waals surface area contributed by atoms with Crippen LogP contribution in [-0.2, 0) is 6.42 Å². The zero-order valence-corrected chi connectivity index (χ0v) is 30.3. The third-order valence-corrected chi connectivity index (χ3v) is 16.8. The highest BCUT2D eigenvalue weighted by Crippen LogP contribution is 2.69. The number of aryl methyl sites for hydroxylation is 2. The van der Waals surface area contributed by atoms with Crippen LogP contribution in [0, 0.1) is 102 Å². The van der Waals surface area contributed by atoms with Crippen molar-refractivity contribution in [2.24, 2.45) is 76.4 Å². The van der Waals surface area contributed by atoms with Crippen molar-refractivity contribution >= 4 is 0 Å². The van der Waals surface area contributed by atoms with Crippen molar-refractivity contribution in [2.45, 2.75) is 135 Å². The number of aliphatic hydroxyl groups excluding tert-OH is 2. The van der Waals surface area contributed by atoms with Gasteiger partial charge in [-0.25, -0.2) is 0 Å². The van der Waals surface area contributed by atoms with Gasteiger partial charge in [0.15, 0.2) is 0 Å². The fourth-order valence-electron chi connectivity index (χ4n) is 15.2. The molecule has 1 aromatic rings. The maximum Gasteiger partial charge on any atom is 0.0873 e. The maximum atomic E-state index is 13.9.